The Morgan fingerprint density at radius 3 is 2.25 bits per heavy atom. The molecule has 0 bridgehead atoms. The predicted octanol–water partition coefficient (Wildman–Crippen LogP) is 3.12. The minimum absolute atomic E-state index is 0.0139. The lowest BCUT2D eigenvalue weighted by atomic mass is 10.1. The molecule has 1 unspecified atom stereocenters. The van der Waals surface area contributed by atoms with Gasteiger partial charge in [0.2, 0.25) is 0 Å². The maximum absolute atomic E-state index is 12.7. The topological polar surface area (TPSA) is 60.2 Å². The Kier molecular flexibility index (Phi) is 4.48. The first kappa shape index (κ1) is 15.0. The molecule has 0 fully saturated rings. The van der Waals surface area contributed by atoms with E-state index in [0.29, 0.717) is 10.6 Å². The van der Waals surface area contributed by atoms with Crippen molar-refractivity contribution >= 4 is 21.4 Å². The third-order valence-corrected chi connectivity index (χ3v) is 5.66. The van der Waals surface area contributed by atoms with Gasteiger partial charge in [0.15, 0.2) is 9.84 Å². The van der Waals surface area contributed by atoms with E-state index in [1.807, 2.05) is 6.92 Å². The summed E-state index contributed by atoms with van der Waals surface area (Å²) in [4.78, 5) is 0.262. The SMILES string of the molecule is Cc1ccc(S(=O)(=O)C(CN)c2ccccc2Cl)cc1. The van der Waals surface area contributed by atoms with Crippen molar-refractivity contribution < 1.29 is 8.42 Å². The first-order chi connectivity index (χ1) is 9.46. The molecule has 0 aliphatic heterocycles. The standard InChI is InChI=1S/C15H16ClNO2S/c1-11-6-8-12(9-7-11)20(18,19)15(10-17)13-4-2-3-5-14(13)16/h2-9,15H,10,17H2,1H3. The van der Waals surface area contributed by atoms with Crippen molar-refractivity contribution in [2.75, 3.05) is 6.54 Å². The third-order valence-electron chi connectivity index (χ3n) is 3.19. The van der Waals surface area contributed by atoms with Crippen LogP contribution in [0.3, 0.4) is 0 Å². The van der Waals surface area contributed by atoms with Crippen LogP contribution in [0.4, 0.5) is 0 Å². The van der Waals surface area contributed by atoms with Gasteiger partial charge in [-0.05, 0) is 30.7 Å². The van der Waals surface area contributed by atoms with E-state index in [1.165, 1.54) is 0 Å². The van der Waals surface area contributed by atoms with Gasteiger partial charge < -0.3 is 5.73 Å². The van der Waals surface area contributed by atoms with Crippen molar-refractivity contribution in [1.29, 1.82) is 0 Å². The number of rotatable bonds is 4. The molecular weight excluding hydrogens is 294 g/mol. The summed E-state index contributed by atoms with van der Waals surface area (Å²) in [6.45, 7) is 1.89. The van der Waals surface area contributed by atoms with Crippen LogP contribution in [0.2, 0.25) is 5.02 Å². The van der Waals surface area contributed by atoms with Crippen molar-refractivity contribution in [3.63, 3.8) is 0 Å². The lowest BCUT2D eigenvalue weighted by molar-refractivity contribution is 0.582. The van der Waals surface area contributed by atoms with Crippen LogP contribution in [0.25, 0.3) is 0 Å². The van der Waals surface area contributed by atoms with E-state index < -0.39 is 15.1 Å². The largest absolute Gasteiger partial charge is 0.329 e. The minimum atomic E-state index is -3.55. The molecule has 2 N–H and O–H groups in total. The lowest BCUT2D eigenvalue weighted by Crippen LogP contribution is -2.22. The smallest absolute Gasteiger partial charge is 0.186 e. The van der Waals surface area contributed by atoms with Crippen LogP contribution in [-0.4, -0.2) is 15.0 Å². The molecule has 0 aliphatic carbocycles. The Bertz CT molecular complexity index is 696. The molecular formula is C15H16ClNO2S. The zero-order valence-corrected chi connectivity index (χ0v) is 12.7. The van der Waals surface area contributed by atoms with Gasteiger partial charge >= 0.3 is 0 Å². The fourth-order valence-corrected chi connectivity index (χ4v) is 4.02. The van der Waals surface area contributed by atoms with Crippen molar-refractivity contribution in [2.24, 2.45) is 5.73 Å². The predicted molar refractivity (Wildman–Crippen MR) is 81.6 cm³/mol. The van der Waals surface area contributed by atoms with Crippen LogP contribution in [0.15, 0.2) is 53.4 Å². The number of sulfone groups is 1. The van der Waals surface area contributed by atoms with Gasteiger partial charge in [0.25, 0.3) is 0 Å². The van der Waals surface area contributed by atoms with Crippen molar-refractivity contribution in [2.45, 2.75) is 17.1 Å². The van der Waals surface area contributed by atoms with Gasteiger partial charge in [0, 0.05) is 11.6 Å². The lowest BCUT2D eigenvalue weighted by Gasteiger charge is -2.17. The highest BCUT2D eigenvalue weighted by molar-refractivity contribution is 7.91. The van der Waals surface area contributed by atoms with Gasteiger partial charge in [0.1, 0.15) is 5.25 Å². The number of hydrogen-bond acceptors (Lipinski definition) is 3. The molecule has 2 aromatic rings. The quantitative estimate of drug-likeness (QED) is 0.944. The molecule has 0 spiro atoms. The summed E-state index contributed by atoms with van der Waals surface area (Å²) in [6.07, 6.45) is 0. The van der Waals surface area contributed by atoms with Crippen LogP contribution in [0.1, 0.15) is 16.4 Å². The molecule has 5 heteroatoms. The highest BCUT2D eigenvalue weighted by Gasteiger charge is 2.29. The van der Waals surface area contributed by atoms with Gasteiger partial charge in [-0.2, -0.15) is 0 Å². The highest BCUT2D eigenvalue weighted by Crippen LogP contribution is 2.32. The zero-order chi connectivity index (χ0) is 14.8. The Balaban J connectivity index is 2.51. The normalized spacial score (nSPS) is 13.2. The van der Waals surface area contributed by atoms with E-state index in [-0.39, 0.29) is 11.4 Å². The highest BCUT2D eigenvalue weighted by atomic mass is 35.5. The fraction of sp³-hybridized carbons (Fsp3) is 0.200. The molecule has 2 aromatic carbocycles. The van der Waals surface area contributed by atoms with Gasteiger partial charge in [-0.15, -0.1) is 0 Å². The molecule has 2 rings (SSSR count). The molecule has 0 amide bonds. The molecule has 0 aromatic heterocycles. The van der Waals surface area contributed by atoms with E-state index in [2.05, 4.69) is 0 Å². The maximum Gasteiger partial charge on any atom is 0.186 e. The number of aryl methyl sites for hydroxylation is 1. The maximum atomic E-state index is 12.7. The number of nitrogens with two attached hydrogens (primary N) is 1. The summed E-state index contributed by atoms with van der Waals surface area (Å²) in [5, 5.41) is -0.419. The van der Waals surface area contributed by atoms with E-state index in [9.17, 15) is 8.42 Å². The Hall–Kier alpha value is -1.36. The second-order valence-electron chi connectivity index (χ2n) is 4.60. The van der Waals surface area contributed by atoms with E-state index in [4.69, 9.17) is 17.3 Å². The molecule has 0 heterocycles. The molecule has 1 atom stereocenters. The Morgan fingerprint density at radius 2 is 1.70 bits per heavy atom. The van der Waals surface area contributed by atoms with Crippen LogP contribution in [-0.2, 0) is 9.84 Å². The zero-order valence-electron chi connectivity index (χ0n) is 11.1. The minimum Gasteiger partial charge on any atom is -0.329 e. The summed E-state index contributed by atoms with van der Waals surface area (Å²) < 4.78 is 25.4. The van der Waals surface area contributed by atoms with Gasteiger partial charge in [-0.3, -0.25) is 0 Å². The summed E-state index contributed by atoms with van der Waals surface area (Å²) in [5.74, 6) is 0. The summed E-state index contributed by atoms with van der Waals surface area (Å²) in [5.41, 5.74) is 7.23. The van der Waals surface area contributed by atoms with Gasteiger partial charge in [0.05, 0.1) is 4.90 Å². The second kappa shape index (κ2) is 5.95. The van der Waals surface area contributed by atoms with Crippen molar-refractivity contribution in [3.05, 3.63) is 64.7 Å². The summed E-state index contributed by atoms with van der Waals surface area (Å²) in [6, 6.07) is 13.6. The summed E-state index contributed by atoms with van der Waals surface area (Å²) >= 11 is 6.10. The Labute approximate surface area is 124 Å². The van der Waals surface area contributed by atoms with Gasteiger partial charge in [-0.1, -0.05) is 47.5 Å². The molecule has 106 valence electrons. The first-order valence-electron chi connectivity index (χ1n) is 6.22. The van der Waals surface area contributed by atoms with Crippen LogP contribution >= 0.6 is 11.6 Å². The number of halogens is 1. The van der Waals surface area contributed by atoms with E-state index >= 15 is 0 Å². The first-order valence-corrected chi connectivity index (χ1v) is 8.14. The molecule has 0 radical (unpaired) electrons. The Morgan fingerprint density at radius 1 is 1.10 bits per heavy atom. The molecule has 0 aliphatic rings. The van der Waals surface area contributed by atoms with Gasteiger partial charge in [-0.25, -0.2) is 8.42 Å². The van der Waals surface area contributed by atoms with Crippen molar-refractivity contribution in [1.82, 2.24) is 0 Å². The summed E-state index contributed by atoms with van der Waals surface area (Å²) in [7, 11) is -3.55. The molecule has 3 nitrogen and oxygen atoms in total. The third kappa shape index (κ3) is 2.87. The van der Waals surface area contributed by atoms with E-state index in [1.54, 1.807) is 48.5 Å². The molecule has 0 saturated heterocycles. The monoisotopic (exact) mass is 309 g/mol. The molecule has 20 heavy (non-hydrogen) atoms. The molecule has 0 saturated carbocycles. The van der Waals surface area contributed by atoms with Crippen molar-refractivity contribution in [3.8, 4) is 0 Å². The van der Waals surface area contributed by atoms with Crippen LogP contribution in [0.5, 0.6) is 0 Å². The average Bonchev–Trinajstić information content (AvgIpc) is 2.42. The van der Waals surface area contributed by atoms with Crippen LogP contribution < -0.4 is 5.73 Å². The second-order valence-corrected chi connectivity index (χ2v) is 7.14. The average molecular weight is 310 g/mol. The van der Waals surface area contributed by atoms with E-state index in [0.717, 1.165) is 5.56 Å². The fourth-order valence-electron chi connectivity index (χ4n) is 2.05. The van der Waals surface area contributed by atoms with Crippen LogP contribution in [0, 0.1) is 6.92 Å². The number of benzene rings is 2. The number of hydrogen-bond donors (Lipinski definition) is 1.